The average Bonchev–Trinajstić information content (AvgIpc) is 2.84. The molecule has 0 aliphatic rings. The third-order valence-corrected chi connectivity index (χ3v) is 3.13. The Morgan fingerprint density at radius 2 is 2.26 bits per heavy atom. The predicted octanol–water partition coefficient (Wildman–Crippen LogP) is 3.53. The van der Waals surface area contributed by atoms with E-state index in [1.54, 1.807) is 6.20 Å². The SMILES string of the molecule is CCCOc1cncc(C(NC)c2ccc(Br)o2)c1. The minimum Gasteiger partial charge on any atom is -0.492 e. The van der Waals surface area contributed by atoms with Gasteiger partial charge in [0.05, 0.1) is 18.8 Å². The van der Waals surface area contributed by atoms with Gasteiger partial charge in [-0.15, -0.1) is 0 Å². The van der Waals surface area contributed by atoms with Crippen LogP contribution in [0.3, 0.4) is 0 Å². The summed E-state index contributed by atoms with van der Waals surface area (Å²) in [6, 6.07) is 5.76. The van der Waals surface area contributed by atoms with Crippen LogP contribution in [0.4, 0.5) is 0 Å². The van der Waals surface area contributed by atoms with Crippen molar-refractivity contribution in [2.45, 2.75) is 19.4 Å². The van der Waals surface area contributed by atoms with Gasteiger partial charge in [-0.1, -0.05) is 6.92 Å². The molecule has 1 unspecified atom stereocenters. The first-order valence-corrected chi connectivity index (χ1v) is 7.04. The van der Waals surface area contributed by atoms with Crippen LogP contribution in [-0.4, -0.2) is 18.6 Å². The summed E-state index contributed by atoms with van der Waals surface area (Å²) in [5.74, 6) is 1.62. The molecule has 0 aliphatic carbocycles. The molecule has 0 saturated carbocycles. The average molecular weight is 325 g/mol. The van der Waals surface area contributed by atoms with Gasteiger partial charge in [0.25, 0.3) is 0 Å². The van der Waals surface area contributed by atoms with E-state index in [1.807, 2.05) is 31.4 Å². The predicted molar refractivity (Wildman–Crippen MR) is 77.3 cm³/mol. The number of ether oxygens (including phenoxy) is 1. The molecule has 1 atom stereocenters. The smallest absolute Gasteiger partial charge is 0.169 e. The van der Waals surface area contributed by atoms with E-state index in [9.17, 15) is 0 Å². The first kappa shape index (κ1) is 14.1. The van der Waals surface area contributed by atoms with E-state index in [-0.39, 0.29) is 6.04 Å². The van der Waals surface area contributed by atoms with Gasteiger partial charge in [-0.3, -0.25) is 4.98 Å². The highest BCUT2D eigenvalue weighted by atomic mass is 79.9. The van der Waals surface area contributed by atoms with E-state index in [1.165, 1.54) is 0 Å². The molecular formula is C14H17BrN2O2. The Balaban J connectivity index is 2.23. The van der Waals surface area contributed by atoms with Crippen LogP contribution < -0.4 is 10.1 Å². The van der Waals surface area contributed by atoms with Gasteiger partial charge >= 0.3 is 0 Å². The van der Waals surface area contributed by atoms with Crippen molar-refractivity contribution in [1.82, 2.24) is 10.3 Å². The van der Waals surface area contributed by atoms with Gasteiger partial charge < -0.3 is 14.5 Å². The fourth-order valence-electron chi connectivity index (χ4n) is 1.85. The number of nitrogens with zero attached hydrogens (tertiary/aromatic N) is 1. The lowest BCUT2D eigenvalue weighted by atomic mass is 10.1. The number of hydrogen-bond acceptors (Lipinski definition) is 4. The molecule has 0 saturated heterocycles. The second-order valence-electron chi connectivity index (χ2n) is 4.17. The molecule has 0 radical (unpaired) electrons. The van der Waals surface area contributed by atoms with Crippen LogP contribution in [0.2, 0.25) is 0 Å². The first-order valence-electron chi connectivity index (χ1n) is 6.24. The Hall–Kier alpha value is -1.33. The maximum Gasteiger partial charge on any atom is 0.169 e. The van der Waals surface area contributed by atoms with Gasteiger partial charge in [-0.05, 0) is 53.2 Å². The number of nitrogens with one attached hydrogen (secondary N) is 1. The lowest BCUT2D eigenvalue weighted by Gasteiger charge is -2.14. The van der Waals surface area contributed by atoms with Crippen LogP contribution in [0.25, 0.3) is 0 Å². The van der Waals surface area contributed by atoms with Crippen LogP contribution in [-0.2, 0) is 0 Å². The molecule has 2 aromatic rings. The molecule has 2 aromatic heterocycles. The molecule has 0 amide bonds. The lowest BCUT2D eigenvalue weighted by Crippen LogP contribution is -2.17. The van der Waals surface area contributed by atoms with E-state index in [2.05, 4.69) is 33.2 Å². The van der Waals surface area contributed by atoms with Crippen molar-refractivity contribution in [2.24, 2.45) is 0 Å². The number of aromatic nitrogens is 1. The maximum atomic E-state index is 5.60. The zero-order chi connectivity index (χ0) is 13.7. The molecule has 0 aromatic carbocycles. The van der Waals surface area contributed by atoms with Crippen LogP contribution in [0.15, 0.2) is 39.7 Å². The Morgan fingerprint density at radius 1 is 1.42 bits per heavy atom. The summed E-state index contributed by atoms with van der Waals surface area (Å²) in [6.45, 7) is 2.77. The molecule has 0 fully saturated rings. The zero-order valence-electron chi connectivity index (χ0n) is 11.0. The highest BCUT2D eigenvalue weighted by Gasteiger charge is 2.16. The normalized spacial score (nSPS) is 12.4. The number of rotatable bonds is 6. The number of furan rings is 1. The van der Waals surface area contributed by atoms with Crippen LogP contribution >= 0.6 is 15.9 Å². The summed E-state index contributed by atoms with van der Waals surface area (Å²) < 4.78 is 11.9. The van der Waals surface area contributed by atoms with E-state index in [0.29, 0.717) is 11.3 Å². The maximum absolute atomic E-state index is 5.60. The number of pyridine rings is 1. The quantitative estimate of drug-likeness (QED) is 0.882. The standard InChI is InChI=1S/C14H17BrN2O2/c1-3-6-18-11-7-10(8-17-9-11)14(16-2)12-4-5-13(15)19-12/h4-5,7-9,14,16H,3,6H2,1-2H3. The Labute approximate surface area is 121 Å². The molecule has 102 valence electrons. The highest BCUT2D eigenvalue weighted by Crippen LogP contribution is 2.27. The largest absolute Gasteiger partial charge is 0.492 e. The molecule has 5 heteroatoms. The Kier molecular flexibility index (Phi) is 4.99. The molecule has 2 heterocycles. The van der Waals surface area contributed by atoms with Gasteiger partial charge in [-0.2, -0.15) is 0 Å². The summed E-state index contributed by atoms with van der Waals surface area (Å²) in [5.41, 5.74) is 1.01. The first-order chi connectivity index (χ1) is 9.24. The van der Waals surface area contributed by atoms with Crippen molar-refractivity contribution in [3.05, 3.63) is 46.6 Å². The van der Waals surface area contributed by atoms with Crippen LogP contribution in [0, 0.1) is 0 Å². The van der Waals surface area contributed by atoms with E-state index < -0.39 is 0 Å². The van der Waals surface area contributed by atoms with Crippen molar-refractivity contribution in [2.75, 3.05) is 13.7 Å². The second kappa shape index (κ2) is 6.73. The molecule has 1 N–H and O–H groups in total. The van der Waals surface area contributed by atoms with E-state index in [0.717, 1.165) is 23.5 Å². The molecular weight excluding hydrogens is 308 g/mol. The monoisotopic (exact) mass is 324 g/mol. The summed E-state index contributed by atoms with van der Waals surface area (Å²) in [4.78, 5) is 4.22. The summed E-state index contributed by atoms with van der Waals surface area (Å²) in [6.07, 6.45) is 4.52. The van der Waals surface area contributed by atoms with Gasteiger partial charge in [0, 0.05) is 6.20 Å². The fraction of sp³-hybridized carbons (Fsp3) is 0.357. The number of hydrogen-bond donors (Lipinski definition) is 1. The summed E-state index contributed by atoms with van der Waals surface area (Å²) >= 11 is 3.32. The van der Waals surface area contributed by atoms with Gasteiger partial charge in [0.2, 0.25) is 0 Å². The van der Waals surface area contributed by atoms with Crippen molar-refractivity contribution in [3.63, 3.8) is 0 Å². The summed E-state index contributed by atoms with van der Waals surface area (Å²) in [5, 5.41) is 3.22. The molecule has 19 heavy (non-hydrogen) atoms. The van der Waals surface area contributed by atoms with Gasteiger partial charge in [0.15, 0.2) is 4.67 Å². The highest BCUT2D eigenvalue weighted by molar-refractivity contribution is 9.10. The third-order valence-electron chi connectivity index (χ3n) is 2.71. The molecule has 4 nitrogen and oxygen atoms in total. The molecule has 2 rings (SSSR count). The van der Waals surface area contributed by atoms with Crippen molar-refractivity contribution in [1.29, 1.82) is 0 Å². The molecule has 0 spiro atoms. The lowest BCUT2D eigenvalue weighted by molar-refractivity contribution is 0.315. The fourth-order valence-corrected chi connectivity index (χ4v) is 2.17. The summed E-state index contributed by atoms with van der Waals surface area (Å²) in [7, 11) is 1.89. The molecule has 0 bridgehead atoms. The van der Waals surface area contributed by atoms with Crippen molar-refractivity contribution in [3.8, 4) is 5.75 Å². The van der Waals surface area contributed by atoms with Crippen molar-refractivity contribution < 1.29 is 9.15 Å². The minimum atomic E-state index is -0.0380. The van der Waals surface area contributed by atoms with Crippen molar-refractivity contribution >= 4 is 15.9 Å². The zero-order valence-corrected chi connectivity index (χ0v) is 12.6. The second-order valence-corrected chi connectivity index (χ2v) is 4.95. The van der Waals surface area contributed by atoms with Crippen LogP contribution in [0.1, 0.15) is 30.7 Å². The topological polar surface area (TPSA) is 47.3 Å². The third kappa shape index (κ3) is 3.58. The number of halogens is 1. The van der Waals surface area contributed by atoms with E-state index in [4.69, 9.17) is 9.15 Å². The van der Waals surface area contributed by atoms with Crippen LogP contribution in [0.5, 0.6) is 5.75 Å². The Bertz CT molecular complexity index is 528. The van der Waals surface area contributed by atoms with Gasteiger partial charge in [0.1, 0.15) is 11.5 Å². The van der Waals surface area contributed by atoms with E-state index >= 15 is 0 Å². The minimum absolute atomic E-state index is 0.0380. The Morgan fingerprint density at radius 3 is 2.89 bits per heavy atom. The van der Waals surface area contributed by atoms with Gasteiger partial charge in [-0.25, -0.2) is 0 Å². The molecule has 0 aliphatic heterocycles.